The Labute approximate surface area is 88.3 Å². The van der Waals surface area contributed by atoms with Gasteiger partial charge in [-0.15, -0.1) is 0 Å². The Balaban J connectivity index is 2.14. The summed E-state index contributed by atoms with van der Waals surface area (Å²) in [5, 5.41) is 9.33. The minimum atomic E-state index is -0.380. The molecule has 3 N–H and O–H groups in total. The van der Waals surface area contributed by atoms with E-state index in [9.17, 15) is 9.90 Å². The Morgan fingerprint density at radius 1 is 1.53 bits per heavy atom. The molecule has 0 aromatic heterocycles. The normalized spacial score (nSPS) is 20.6. The van der Waals surface area contributed by atoms with Crippen LogP contribution in [-0.2, 0) is 0 Å². The maximum absolute atomic E-state index is 11.9. The number of hydrogen-bond acceptors (Lipinski definition) is 3. The monoisotopic (exact) mass is 206 g/mol. The number of aliphatic hydroxyl groups excluding tert-OH is 1. The Hall–Kier alpha value is -1.55. The molecule has 15 heavy (non-hydrogen) atoms. The van der Waals surface area contributed by atoms with Gasteiger partial charge in [-0.05, 0) is 24.6 Å². The molecule has 1 saturated heterocycles. The highest BCUT2D eigenvalue weighted by Crippen LogP contribution is 2.15. The first-order valence-corrected chi connectivity index (χ1v) is 4.99. The van der Waals surface area contributed by atoms with Crippen molar-refractivity contribution in [2.75, 3.05) is 18.8 Å². The van der Waals surface area contributed by atoms with Crippen LogP contribution in [0.25, 0.3) is 0 Å². The predicted octanol–water partition coefficient (Wildman–Crippen LogP) is 0.476. The molecule has 0 bridgehead atoms. The summed E-state index contributed by atoms with van der Waals surface area (Å²) in [6.07, 6.45) is 0.281. The Bertz CT molecular complexity index is 379. The quantitative estimate of drug-likeness (QED) is 0.657. The van der Waals surface area contributed by atoms with Gasteiger partial charge in [0.2, 0.25) is 0 Å². The molecule has 0 unspecified atom stereocenters. The number of aliphatic hydroxyl groups is 1. The molecule has 2 rings (SSSR count). The van der Waals surface area contributed by atoms with Crippen LogP contribution in [-0.4, -0.2) is 35.1 Å². The first-order valence-electron chi connectivity index (χ1n) is 4.99. The Morgan fingerprint density at radius 2 is 2.33 bits per heavy atom. The molecule has 0 saturated carbocycles. The molecule has 4 nitrogen and oxygen atoms in total. The van der Waals surface area contributed by atoms with Crippen LogP contribution >= 0.6 is 0 Å². The van der Waals surface area contributed by atoms with E-state index < -0.39 is 0 Å². The van der Waals surface area contributed by atoms with Gasteiger partial charge in [-0.1, -0.05) is 6.07 Å². The number of rotatable bonds is 1. The third-order valence-electron chi connectivity index (χ3n) is 2.58. The average molecular weight is 206 g/mol. The molecule has 1 atom stereocenters. The Morgan fingerprint density at radius 3 is 2.93 bits per heavy atom. The van der Waals surface area contributed by atoms with Gasteiger partial charge in [0.15, 0.2) is 0 Å². The third kappa shape index (κ3) is 2.10. The lowest BCUT2D eigenvalue weighted by atomic mass is 10.2. The van der Waals surface area contributed by atoms with Crippen LogP contribution in [0.4, 0.5) is 5.69 Å². The number of nitrogens with two attached hydrogens (primary N) is 1. The number of benzene rings is 1. The van der Waals surface area contributed by atoms with Gasteiger partial charge in [0, 0.05) is 24.3 Å². The van der Waals surface area contributed by atoms with Crippen LogP contribution in [0, 0.1) is 0 Å². The van der Waals surface area contributed by atoms with E-state index in [0.717, 1.165) is 0 Å². The molecule has 1 fully saturated rings. The fourth-order valence-electron chi connectivity index (χ4n) is 1.78. The smallest absolute Gasteiger partial charge is 0.254 e. The van der Waals surface area contributed by atoms with Gasteiger partial charge in [-0.2, -0.15) is 0 Å². The molecular weight excluding hydrogens is 192 g/mol. The van der Waals surface area contributed by atoms with Gasteiger partial charge < -0.3 is 15.7 Å². The van der Waals surface area contributed by atoms with Crippen LogP contribution in [0.2, 0.25) is 0 Å². The molecule has 1 heterocycles. The molecule has 80 valence electrons. The molecule has 1 aliphatic rings. The second-order valence-electron chi connectivity index (χ2n) is 3.82. The number of nitrogen functional groups attached to an aromatic ring is 1. The topological polar surface area (TPSA) is 66.6 Å². The van der Waals surface area contributed by atoms with E-state index in [1.807, 2.05) is 0 Å². The summed E-state index contributed by atoms with van der Waals surface area (Å²) >= 11 is 0. The van der Waals surface area contributed by atoms with E-state index >= 15 is 0 Å². The largest absolute Gasteiger partial charge is 0.399 e. The Kier molecular flexibility index (Phi) is 2.60. The maximum atomic E-state index is 11.9. The summed E-state index contributed by atoms with van der Waals surface area (Å²) in [6, 6.07) is 6.90. The fraction of sp³-hybridized carbons (Fsp3) is 0.364. The highest BCUT2D eigenvalue weighted by atomic mass is 16.3. The van der Waals surface area contributed by atoms with Gasteiger partial charge >= 0.3 is 0 Å². The predicted molar refractivity (Wildman–Crippen MR) is 57.4 cm³/mol. The van der Waals surface area contributed by atoms with Crippen molar-refractivity contribution in [2.45, 2.75) is 12.5 Å². The fourth-order valence-corrected chi connectivity index (χ4v) is 1.78. The maximum Gasteiger partial charge on any atom is 0.254 e. The zero-order valence-corrected chi connectivity index (χ0v) is 8.39. The minimum Gasteiger partial charge on any atom is -0.399 e. The summed E-state index contributed by atoms with van der Waals surface area (Å²) in [6.45, 7) is 1.04. The van der Waals surface area contributed by atoms with Gasteiger partial charge in [-0.25, -0.2) is 0 Å². The zero-order chi connectivity index (χ0) is 10.8. The number of nitrogens with zero attached hydrogens (tertiary/aromatic N) is 1. The summed E-state index contributed by atoms with van der Waals surface area (Å²) in [5.74, 6) is -0.0566. The summed E-state index contributed by atoms with van der Waals surface area (Å²) in [7, 11) is 0. The molecule has 0 aliphatic carbocycles. The van der Waals surface area contributed by atoms with Crippen molar-refractivity contribution in [1.82, 2.24) is 4.90 Å². The van der Waals surface area contributed by atoms with E-state index in [1.165, 1.54) is 0 Å². The molecule has 4 heteroatoms. The van der Waals surface area contributed by atoms with Gasteiger partial charge in [0.25, 0.3) is 5.91 Å². The number of carbonyl (C=O) groups excluding carboxylic acids is 1. The van der Waals surface area contributed by atoms with Crippen molar-refractivity contribution in [2.24, 2.45) is 0 Å². The van der Waals surface area contributed by atoms with Crippen LogP contribution in [0.15, 0.2) is 24.3 Å². The highest BCUT2D eigenvalue weighted by molar-refractivity contribution is 5.95. The standard InChI is InChI=1S/C11H14N2O2/c12-9-3-1-2-8(6-9)11(15)13-5-4-10(14)7-13/h1-3,6,10,14H,4-5,7,12H2/t10-/m0/s1. The number of hydrogen-bond donors (Lipinski definition) is 2. The van der Waals surface area contributed by atoms with Crippen molar-refractivity contribution >= 4 is 11.6 Å². The summed E-state index contributed by atoms with van der Waals surface area (Å²) in [4.78, 5) is 13.6. The van der Waals surface area contributed by atoms with E-state index in [0.29, 0.717) is 30.8 Å². The van der Waals surface area contributed by atoms with Crippen molar-refractivity contribution in [3.05, 3.63) is 29.8 Å². The number of β-amino-alcohol motifs (C(OH)–C–C–N with tert-alkyl or cyclic N) is 1. The molecule has 1 aromatic carbocycles. The van der Waals surface area contributed by atoms with Crippen LogP contribution < -0.4 is 5.73 Å². The SMILES string of the molecule is Nc1cccc(C(=O)N2CC[C@H](O)C2)c1. The molecule has 1 aliphatic heterocycles. The van der Waals surface area contributed by atoms with Crippen molar-refractivity contribution in [1.29, 1.82) is 0 Å². The van der Waals surface area contributed by atoms with Crippen molar-refractivity contribution in [3.63, 3.8) is 0 Å². The molecule has 0 spiro atoms. The van der Waals surface area contributed by atoms with Crippen LogP contribution in [0.1, 0.15) is 16.8 Å². The first-order chi connectivity index (χ1) is 7.16. The van der Waals surface area contributed by atoms with E-state index in [1.54, 1.807) is 29.2 Å². The number of anilines is 1. The summed E-state index contributed by atoms with van der Waals surface area (Å²) < 4.78 is 0. The second kappa shape index (κ2) is 3.90. The van der Waals surface area contributed by atoms with Gasteiger partial charge in [0.1, 0.15) is 0 Å². The molecular formula is C11H14N2O2. The third-order valence-corrected chi connectivity index (χ3v) is 2.58. The molecule has 1 amide bonds. The lowest BCUT2D eigenvalue weighted by Gasteiger charge is -2.15. The average Bonchev–Trinajstić information content (AvgIpc) is 2.64. The van der Waals surface area contributed by atoms with Crippen molar-refractivity contribution < 1.29 is 9.90 Å². The molecule has 0 radical (unpaired) electrons. The summed E-state index contributed by atoms with van der Waals surface area (Å²) in [5.41, 5.74) is 6.77. The van der Waals surface area contributed by atoms with Gasteiger partial charge in [-0.3, -0.25) is 4.79 Å². The van der Waals surface area contributed by atoms with Crippen molar-refractivity contribution in [3.8, 4) is 0 Å². The number of likely N-dealkylation sites (tertiary alicyclic amines) is 1. The first kappa shape index (κ1) is 9.98. The number of amides is 1. The highest BCUT2D eigenvalue weighted by Gasteiger charge is 2.25. The van der Waals surface area contributed by atoms with Gasteiger partial charge in [0.05, 0.1) is 6.10 Å². The van der Waals surface area contributed by atoms with E-state index in [-0.39, 0.29) is 12.0 Å². The number of carbonyl (C=O) groups is 1. The lowest BCUT2D eigenvalue weighted by Crippen LogP contribution is -2.29. The van der Waals surface area contributed by atoms with E-state index in [2.05, 4.69) is 0 Å². The van der Waals surface area contributed by atoms with E-state index in [4.69, 9.17) is 5.73 Å². The second-order valence-corrected chi connectivity index (χ2v) is 3.82. The minimum absolute atomic E-state index is 0.0566. The molecule has 1 aromatic rings. The van der Waals surface area contributed by atoms with Crippen LogP contribution in [0.5, 0.6) is 0 Å². The lowest BCUT2D eigenvalue weighted by molar-refractivity contribution is 0.0765. The zero-order valence-electron chi connectivity index (χ0n) is 8.39. The van der Waals surface area contributed by atoms with Crippen LogP contribution in [0.3, 0.4) is 0 Å².